The summed E-state index contributed by atoms with van der Waals surface area (Å²) in [6.45, 7) is 3.62. The summed E-state index contributed by atoms with van der Waals surface area (Å²) in [6.07, 6.45) is 9.97. The lowest BCUT2D eigenvalue weighted by molar-refractivity contribution is -0.140. The van der Waals surface area contributed by atoms with Gasteiger partial charge in [-0.25, -0.2) is 17.8 Å². The average molecular weight is 744 g/mol. The molecular weight excluding hydrogens is 698 g/mol. The third kappa shape index (κ3) is 6.55. The third-order valence-corrected chi connectivity index (χ3v) is 14.2. The Morgan fingerprint density at radius 2 is 1.87 bits per heavy atom. The van der Waals surface area contributed by atoms with Crippen LogP contribution >= 0.6 is 0 Å². The molecule has 0 bridgehead atoms. The molecule has 2 aliphatic carbocycles. The summed E-state index contributed by atoms with van der Waals surface area (Å²) in [5.41, 5.74) is 0.692. The smallest absolute Gasteiger partial charge is 0.259 e. The second-order valence-electron chi connectivity index (χ2n) is 15.9. The summed E-state index contributed by atoms with van der Waals surface area (Å²) in [7, 11) is -3.97. The molecule has 280 valence electrons. The van der Waals surface area contributed by atoms with Crippen LogP contribution in [-0.2, 0) is 30.8 Å². The van der Waals surface area contributed by atoms with Crippen molar-refractivity contribution < 1.29 is 31.9 Å². The number of carbonyl (C=O) groups is 3. The number of anilines is 1. The molecule has 2 aromatic carbocycles. The largest absolute Gasteiger partial charge is 0.483 e. The lowest BCUT2D eigenvalue weighted by Crippen LogP contribution is -2.58. The first-order valence-corrected chi connectivity index (χ1v) is 20.3. The maximum atomic E-state index is 14.8. The lowest BCUT2D eigenvalue weighted by atomic mass is 9.87. The highest BCUT2D eigenvalue weighted by Gasteiger charge is 2.64. The van der Waals surface area contributed by atoms with Crippen molar-refractivity contribution >= 4 is 44.3 Å². The average Bonchev–Trinajstić information content (AvgIpc) is 4.02. The molecule has 4 heterocycles. The van der Waals surface area contributed by atoms with E-state index in [2.05, 4.69) is 15.4 Å². The van der Waals surface area contributed by atoms with Crippen molar-refractivity contribution in [2.75, 3.05) is 11.9 Å². The minimum absolute atomic E-state index is 0.117. The van der Waals surface area contributed by atoms with E-state index in [4.69, 9.17) is 9.72 Å². The van der Waals surface area contributed by atoms with Crippen LogP contribution < -0.4 is 20.1 Å². The van der Waals surface area contributed by atoms with Crippen LogP contribution in [0.15, 0.2) is 60.7 Å². The van der Waals surface area contributed by atoms with Crippen molar-refractivity contribution in [1.29, 1.82) is 0 Å². The van der Waals surface area contributed by atoms with Gasteiger partial charge in [0.1, 0.15) is 34.8 Å². The van der Waals surface area contributed by atoms with Gasteiger partial charge in [0.25, 0.3) is 5.91 Å². The fraction of sp³-hybridized carbons (Fsp3) is 0.500. The van der Waals surface area contributed by atoms with E-state index in [9.17, 15) is 27.2 Å². The number of amides is 3. The van der Waals surface area contributed by atoms with Crippen molar-refractivity contribution in [3.8, 4) is 5.75 Å². The van der Waals surface area contributed by atoms with Gasteiger partial charge in [-0.1, -0.05) is 49.3 Å². The fourth-order valence-corrected chi connectivity index (χ4v) is 9.73. The van der Waals surface area contributed by atoms with Crippen LogP contribution in [0.1, 0.15) is 82.4 Å². The first kappa shape index (κ1) is 35.5. The first-order chi connectivity index (χ1) is 25.3. The predicted molar refractivity (Wildman–Crippen MR) is 198 cm³/mol. The predicted octanol–water partition coefficient (Wildman–Crippen LogP) is 5.22. The number of aromatic nitrogens is 1. The van der Waals surface area contributed by atoms with Crippen LogP contribution in [0.5, 0.6) is 5.75 Å². The number of halogens is 1. The maximum Gasteiger partial charge on any atom is 0.259 e. The summed E-state index contributed by atoms with van der Waals surface area (Å²) < 4.78 is 48.8. The van der Waals surface area contributed by atoms with Crippen LogP contribution in [0.2, 0.25) is 0 Å². The van der Waals surface area contributed by atoms with Gasteiger partial charge in [-0.2, -0.15) is 0 Å². The molecule has 3 fully saturated rings. The number of para-hydroxylation sites is 1. The van der Waals surface area contributed by atoms with Gasteiger partial charge in [0.05, 0.1) is 22.5 Å². The Morgan fingerprint density at radius 1 is 1.06 bits per heavy atom. The van der Waals surface area contributed by atoms with E-state index in [-0.39, 0.29) is 25.3 Å². The number of hydrogen-bond acceptors (Lipinski definition) is 8. The normalized spacial score (nSPS) is 30.1. The molecule has 3 aliphatic heterocycles. The monoisotopic (exact) mass is 743 g/mol. The maximum absolute atomic E-state index is 14.8. The van der Waals surface area contributed by atoms with Crippen LogP contribution in [0.4, 0.5) is 10.1 Å². The number of carbonyl (C=O) groups excluding carboxylic acids is 3. The molecule has 5 aliphatic rings. The quantitative estimate of drug-likeness (QED) is 0.302. The molecule has 5 atom stereocenters. The zero-order chi connectivity index (χ0) is 37.2. The highest BCUT2D eigenvalue weighted by atomic mass is 32.2. The van der Waals surface area contributed by atoms with Crippen LogP contribution in [0.3, 0.4) is 0 Å². The Hall–Kier alpha value is -4.52. The van der Waals surface area contributed by atoms with E-state index in [1.807, 2.05) is 43.3 Å². The minimum Gasteiger partial charge on any atom is -0.483 e. The highest BCUT2D eigenvalue weighted by Crippen LogP contribution is 2.49. The third-order valence-electron chi connectivity index (χ3n) is 12.0. The van der Waals surface area contributed by atoms with Crippen LogP contribution in [-0.4, -0.2) is 70.5 Å². The molecule has 1 saturated heterocycles. The van der Waals surface area contributed by atoms with Gasteiger partial charge < -0.3 is 20.3 Å². The van der Waals surface area contributed by atoms with Crippen molar-refractivity contribution in [2.24, 2.45) is 5.92 Å². The van der Waals surface area contributed by atoms with Crippen molar-refractivity contribution in [1.82, 2.24) is 19.9 Å². The number of nitrogens with zero attached hydrogens (tertiary/aromatic N) is 2. The molecule has 3 N–H and O–H groups in total. The Bertz CT molecular complexity index is 2140. The van der Waals surface area contributed by atoms with E-state index in [1.165, 1.54) is 12.1 Å². The van der Waals surface area contributed by atoms with Crippen LogP contribution in [0, 0.1) is 18.7 Å². The molecule has 11 nitrogen and oxygen atoms in total. The van der Waals surface area contributed by atoms with Gasteiger partial charge in [0.2, 0.25) is 21.8 Å². The standard InChI is InChI=1S/C40H46FN5O6S/c1-25-34-30(29-14-8-9-15-31(29)42-25)17-18-39(52-34)23-33-35(47)44-40(37(49)45-53(50,51)38(2)19-20-38)22-26(40)11-6-4-3-5-7-16-32(36(48)46(33)24-39)43-28-13-10-12-27(41)21-28/h6,8-15,21,26,32-33,43H,3-5,7,16-20,22-24H2,1-2H3,(H,44,47)(H,45,49)/b11-6-/t26?,32-,33-,39+,40+/m0/s1. The summed E-state index contributed by atoms with van der Waals surface area (Å²) in [4.78, 5) is 49.7. The Morgan fingerprint density at radius 3 is 2.66 bits per heavy atom. The van der Waals surface area contributed by atoms with E-state index < -0.39 is 61.5 Å². The molecule has 0 radical (unpaired) electrons. The number of benzene rings is 2. The van der Waals surface area contributed by atoms with Gasteiger partial charge in [0, 0.05) is 29.0 Å². The molecule has 8 rings (SSSR count). The first-order valence-electron chi connectivity index (χ1n) is 18.8. The van der Waals surface area contributed by atoms with E-state index in [0.29, 0.717) is 43.5 Å². The zero-order valence-electron chi connectivity index (χ0n) is 30.1. The number of hydrogen-bond donors (Lipinski definition) is 3. The second kappa shape index (κ2) is 13.1. The van der Waals surface area contributed by atoms with Gasteiger partial charge in [-0.05, 0) is 89.5 Å². The molecule has 53 heavy (non-hydrogen) atoms. The number of nitrogens with one attached hydrogen (secondary N) is 3. The van der Waals surface area contributed by atoms with E-state index >= 15 is 0 Å². The topological polar surface area (TPSA) is 147 Å². The Labute approximate surface area is 309 Å². The number of pyridine rings is 1. The number of rotatable bonds is 5. The number of aryl methyl sites for hydroxylation is 2. The fourth-order valence-electron chi connectivity index (χ4n) is 8.42. The zero-order valence-corrected chi connectivity index (χ0v) is 30.9. The highest BCUT2D eigenvalue weighted by molar-refractivity contribution is 7.91. The number of ether oxygens (including phenoxy) is 1. The van der Waals surface area contributed by atoms with Crippen molar-refractivity contribution in [3.63, 3.8) is 0 Å². The minimum atomic E-state index is -3.97. The Kier molecular flexibility index (Phi) is 8.78. The summed E-state index contributed by atoms with van der Waals surface area (Å²) in [5, 5.41) is 7.23. The van der Waals surface area contributed by atoms with Gasteiger partial charge in [-0.15, -0.1) is 0 Å². The van der Waals surface area contributed by atoms with Crippen LogP contribution in [0.25, 0.3) is 10.9 Å². The molecule has 13 heteroatoms. The number of sulfonamides is 1. The van der Waals surface area contributed by atoms with Gasteiger partial charge in [-0.3, -0.25) is 19.1 Å². The number of allylic oxidation sites excluding steroid dienone is 1. The number of fused-ring (bicyclic) bond motifs is 5. The second-order valence-corrected chi connectivity index (χ2v) is 18.1. The van der Waals surface area contributed by atoms with Gasteiger partial charge in [0.15, 0.2) is 0 Å². The summed E-state index contributed by atoms with van der Waals surface area (Å²) >= 11 is 0. The summed E-state index contributed by atoms with van der Waals surface area (Å²) in [6, 6.07) is 12.1. The molecule has 2 saturated carbocycles. The molecule has 3 amide bonds. The molecule has 3 aromatic rings. The van der Waals surface area contributed by atoms with E-state index in [1.54, 1.807) is 24.0 Å². The molecule has 1 aromatic heterocycles. The molecule has 1 unspecified atom stereocenters. The van der Waals surface area contributed by atoms with Crippen molar-refractivity contribution in [3.05, 3.63) is 77.8 Å². The SMILES string of the molecule is Cc1nc2ccccc2c2c1O[C@]1(CC2)C[C@H]2C(=O)N[C@]3(C(=O)NS(=O)(=O)C4(C)CC4)CC3/C=C\CCCCC[C@H](Nc3cccc(F)c3)C(=O)N2C1. The Balaban J connectivity index is 1.15. The molecular formula is C40H46FN5O6S. The summed E-state index contributed by atoms with van der Waals surface area (Å²) in [5.74, 6) is -1.81. The lowest BCUT2D eigenvalue weighted by Gasteiger charge is -2.36. The van der Waals surface area contributed by atoms with Gasteiger partial charge >= 0.3 is 0 Å². The molecule has 1 spiro atoms. The van der Waals surface area contributed by atoms with Crippen molar-refractivity contribution in [2.45, 2.75) is 112 Å². The van der Waals surface area contributed by atoms with E-state index in [0.717, 1.165) is 47.8 Å².